The molecule has 1 saturated heterocycles. The van der Waals surface area contributed by atoms with Crippen LogP contribution in [0.2, 0.25) is 0 Å². The maximum absolute atomic E-state index is 14.0. The van der Waals surface area contributed by atoms with Crippen LogP contribution in [-0.4, -0.2) is 26.1 Å². The Balaban J connectivity index is 1.61. The summed E-state index contributed by atoms with van der Waals surface area (Å²) in [5, 5.41) is 3.17. The molecule has 1 atom stereocenters. The largest absolute Gasteiger partial charge is 0.364 e. The fraction of sp³-hybridized carbons (Fsp3) is 0.389. The van der Waals surface area contributed by atoms with E-state index in [1.807, 2.05) is 28.8 Å². The number of anilines is 1. The maximum atomic E-state index is 14.0. The molecule has 0 aliphatic carbocycles. The van der Waals surface area contributed by atoms with Crippen molar-refractivity contribution in [3.05, 3.63) is 46.7 Å². The predicted molar refractivity (Wildman–Crippen MR) is 100 cm³/mol. The van der Waals surface area contributed by atoms with Crippen LogP contribution in [-0.2, 0) is 11.3 Å². The lowest BCUT2D eigenvalue weighted by Gasteiger charge is -2.16. The van der Waals surface area contributed by atoms with E-state index in [2.05, 4.69) is 36.2 Å². The maximum Gasteiger partial charge on any atom is 0.312 e. The van der Waals surface area contributed by atoms with E-state index < -0.39 is 6.08 Å². The third-order valence-corrected chi connectivity index (χ3v) is 5.01. The number of hydrogen-bond acceptors (Lipinski definition) is 5. The zero-order valence-corrected chi connectivity index (χ0v) is 15.7. The fourth-order valence-electron chi connectivity index (χ4n) is 3.13. The first-order chi connectivity index (χ1) is 12.7. The van der Waals surface area contributed by atoms with Crippen LogP contribution < -0.4 is 5.32 Å². The Labute approximate surface area is 158 Å². The molecule has 1 aliphatic rings. The molecule has 136 valence electrons. The smallest absolute Gasteiger partial charge is 0.312 e. The van der Waals surface area contributed by atoms with E-state index in [0.29, 0.717) is 30.1 Å². The van der Waals surface area contributed by atoms with Gasteiger partial charge in [-0.15, -0.1) is 0 Å². The van der Waals surface area contributed by atoms with Crippen molar-refractivity contribution in [1.29, 1.82) is 0 Å². The highest BCUT2D eigenvalue weighted by molar-refractivity contribution is 9.10. The van der Waals surface area contributed by atoms with E-state index in [1.54, 1.807) is 6.33 Å². The topological polar surface area (TPSA) is 64.9 Å². The van der Waals surface area contributed by atoms with Gasteiger partial charge in [0.25, 0.3) is 0 Å². The average Bonchev–Trinajstić information content (AvgIpc) is 2.88. The van der Waals surface area contributed by atoms with Gasteiger partial charge in [0, 0.05) is 17.6 Å². The first-order valence-corrected chi connectivity index (χ1v) is 9.50. The number of aromatic nitrogens is 4. The lowest BCUT2D eigenvalue weighted by molar-refractivity contribution is 0.00928. The first-order valence-electron chi connectivity index (χ1n) is 8.71. The summed E-state index contributed by atoms with van der Waals surface area (Å²) < 4.78 is 22.7. The Morgan fingerprint density at radius 1 is 1.19 bits per heavy atom. The number of hydrogen-bond donors (Lipinski definition) is 1. The van der Waals surface area contributed by atoms with E-state index in [-0.39, 0.29) is 6.23 Å². The molecule has 1 aromatic carbocycles. The standard InChI is InChI=1S/C18H19BrFN5O/c19-13-7-5-12(6-8-13)10-21-16-15-17(24-18(20)23-16)25(11-22-15)14-4-2-1-3-9-26-14/h5-8,11,14H,1-4,9-10H2,(H,21,23,24). The van der Waals surface area contributed by atoms with Gasteiger partial charge in [0.05, 0.1) is 6.33 Å². The Kier molecular flexibility index (Phi) is 5.12. The van der Waals surface area contributed by atoms with Gasteiger partial charge in [-0.05, 0) is 37.0 Å². The second-order valence-electron chi connectivity index (χ2n) is 6.32. The summed E-state index contributed by atoms with van der Waals surface area (Å²) in [6, 6.07) is 7.91. The summed E-state index contributed by atoms with van der Waals surface area (Å²) in [5.41, 5.74) is 2.07. The molecule has 2 aromatic heterocycles. The first kappa shape index (κ1) is 17.4. The van der Waals surface area contributed by atoms with Crippen molar-refractivity contribution >= 4 is 32.9 Å². The fourth-order valence-corrected chi connectivity index (χ4v) is 3.40. The molecule has 3 aromatic rings. The number of nitrogens with zero attached hydrogens (tertiary/aromatic N) is 4. The van der Waals surface area contributed by atoms with Crippen molar-refractivity contribution in [2.24, 2.45) is 0 Å². The van der Waals surface area contributed by atoms with Gasteiger partial charge in [-0.1, -0.05) is 34.5 Å². The van der Waals surface area contributed by atoms with E-state index >= 15 is 0 Å². The lowest BCUT2D eigenvalue weighted by Crippen LogP contribution is -2.12. The average molecular weight is 420 g/mol. The summed E-state index contributed by atoms with van der Waals surface area (Å²) in [4.78, 5) is 12.3. The number of rotatable bonds is 4. The Morgan fingerprint density at radius 3 is 2.88 bits per heavy atom. The molecular weight excluding hydrogens is 401 g/mol. The molecule has 1 unspecified atom stereocenters. The van der Waals surface area contributed by atoms with Gasteiger partial charge >= 0.3 is 6.08 Å². The van der Waals surface area contributed by atoms with Crippen molar-refractivity contribution in [1.82, 2.24) is 19.5 Å². The van der Waals surface area contributed by atoms with E-state index in [1.165, 1.54) is 0 Å². The van der Waals surface area contributed by atoms with Gasteiger partial charge in [0.1, 0.15) is 6.23 Å². The molecule has 1 N–H and O–H groups in total. The van der Waals surface area contributed by atoms with E-state index in [4.69, 9.17) is 4.74 Å². The zero-order chi connectivity index (χ0) is 17.9. The van der Waals surface area contributed by atoms with Crippen LogP contribution in [0.25, 0.3) is 11.2 Å². The van der Waals surface area contributed by atoms with Gasteiger partial charge in [-0.25, -0.2) is 4.98 Å². The summed E-state index contributed by atoms with van der Waals surface area (Å²) in [5.74, 6) is 0.391. The predicted octanol–water partition coefficient (Wildman–Crippen LogP) is 4.43. The third kappa shape index (κ3) is 3.71. The molecule has 4 rings (SSSR count). The number of fused-ring (bicyclic) bond motifs is 1. The molecule has 26 heavy (non-hydrogen) atoms. The number of ether oxygens (including phenoxy) is 1. The quantitative estimate of drug-likeness (QED) is 0.633. The van der Waals surface area contributed by atoms with Crippen LogP contribution in [0.15, 0.2) is 35.1 Å². The van der Waals surface area contributed by atoms with Crippen LogP contribution in [0.1, 0.15) is 37.5 Å². The molecule has 6 nitrogen and oxygen atoms in total. The van der Waals surface area contributed by atoms with Crippen molar-refractivity contribution in [2.75, 3.05) is 11.9 Å². The molecule has 0 bridgehead atoms. The molecule has 0 radical (unpaired) electrons. The number of benzene rings is 1. The highest BCUT2D eigenvalue weighted by atomic mass is 79.9. The second kappa shape index (κ2) is 7.67. The summed E-state index contributed by atoms with van der Waals surface area (Å²) in [6.07, 6.45) is 4.88. The van der Waals surface area contributed by atoms with E-state index in [9.17, 15) is 4.39 Å². The molecular formula is C18H19BrFN5O. The minimum absolute atomic E-state index is 0.156. The molecule has 8 heteroatoms. The minimum atomic E-state index is -0.772. The molecule has 1 fully saturated rings. The van der Waals surface area contributed by atoms with Gasteiger partial charge in [-0.2, -0.15) is 14.4 Å². The minimum Gasteiger partial charge on any atom is -0.364 e. The lowest BCUT2D eigenvalue weighted by atomic mass is 10.2. The normalized spacial score (nSPS) is 18.0. The molecule has 0 saturated carbocycles. The number of nitrogens with one attached hydrogen (secondary N) is 1. The van der Waals surface area contributed by atoms with Gasteiger partial charge in [0.2, 0.25) is 0 Å². The summed E-state index contributed by atoms with van der Waals surface area (Å²) in [6.45, 7) is 1.22. The van der Waals surface area contributed by atoms with Gasteiger partial charge < -0.3 is 10.1 Å². The summed E-state index contributed by atoms with van der Waals surface area (Å²) in [7, 11) is 0. The van der Waals surface area contributed by atoms with Crippen molar-refractivity contribution in [3.8, 4) is 0 Å². The van der Waals surface area contributed by atoms with Crippen molar-refractivity contribution < 1.29 is 9.13 Å². The van der Waals surface area contributed by atoms with Crippen LogP contribution in [0, 0.1) is 6.08 Å². The number of halogens is 2. The van der Waals surface area contributed by atoms with E-state index in [0.717, 1.165) is 35.7 Å². The summed E-state index contributed by atoms with van der Waals surface area (Å²) >= 11 is 3.41. The molecule has 0 spiro atoms. The van der Waals surface area contributed by atoms with Crippen LogP contribution >= 0.6 is 15.9 Å². The Bertz CT molecular complexity index is 890. The van der Waals surface area contributed by atoms with Crippen LogP contribution in [0.4, 0.5) is 10.2 Å². The van der Waals surface area contributed by atoms with Crippen molar-refractivity contribution in [3.63, 3.8) is 0 Å². The van der Waals surface area contributed by atoms with Crippen LogP contribution in [0.5, 0.6) is 0 Å². The highest BCUT2D eigenvalue weighted by Gasteiger charge is 2.20. The third-order valence-electron chi connectivity index (χ3n) is 4.48. The van der Waals surface area contributed by atoms with Crippen molar-refractivity contribution in [2.45, 2.75) is 38.5 Å². The number of imidazole rings is 1. The Morgan fingerprint density at radius 2 is 2.04 bits per heavy atom. The van der Waals surface area contributed by atoms with Crippen LogP contribution in [0.3, 0.4) is 0 Å². The highest BCUT2D eigenvalue weighted by Crippen LogP contribution is 2.27. The Hall–Kier alpha value is -2.06. The second-order valence-corrected chi connectivity index (χ2v) is 7.24. The van der Waals surface area contributed by atoms with Gasteiger partial charge in [-0.3, -0.25) is 4.57 Å². The molecule has 0 amide bonds. The SMILES string of the molecule is Fc1nc(NCc2ccc(Br)cc2)c2ncn(C3CCCCCO3)c2n1. The molecule has 3 heterocycles. The van der Waals surface area contributed by atoms with Gasteiger partial charge in [0.15, 0.2) is 17.0 Å². The zero-order valence-electron chi connectivity index (χ0n) is 14.2. The monoisotopic (exact) mass is 419 g/mol. The molecule has 1 aliphatic heterocycles.